The minimum absolute atomic E-state index is 0.600. The van der Waals surface area contributed by atoms with Crippen molar-refractivity contribution in [1.82, 2.24) is 15.0 Å². The van der Waals surface area contributed by atoms with Crippen LogP contribution in [0.1, 0.15) is 0 Å². The fourth-order valence-corrected chi connectivity index (χ4v) is 7.13. The van der Waals surface area contributed by atoms with Crippen LogP contribution in [0.3, 0.4) is 0 Å². The third kappa shape index (κ3) is 4.09. The smallest absolute Gasteiger partial charge is 0.164 e. The Morgan fingerprint density at radius 2 is 1.00 bits per heavy atom. The molecule has 44 heavy (non-hydrogen) atoms. The molecule has 0 unspecified atom stereocenters. The van der Waals surface area contributed by atoms with Gasteiger partial charge in [-0.25, -0.2) is 15.0 Å². The van der Waals surface area contributed by atoms with Gasteiger partial charge in [0.25, 0.3) is 0 Å². The SMILES string of the molecule is c1ccc(-c2nc(-c3ccccc3)nc(-c3cc(-c4ccc5sc6ccccc6c5c4)c4c(c3)oc3ccccc34)n2)cc1. The van der Waals surface area contributed by atoms with Gasteiger partial charge in [-0.05, 0) is 47.5 Å². The molecule has 4 nitrogen and oxygen atoms in total. The van der Waals surface area contributed by atoms with Crippen LogP contribution in [0.25, 0.3) is 87.4 Å². The van der Waals surface area contributed by atoms with Crippen molar-refractivity contribution < 1.29 is 4.42 Å². The van der Waals surface area contributed by atoms with Gasteiger partial charge < -0.3 is 4.42 Å². The summed E-state index contributed by atoms with van der Waals surface area (Å²) >= 11 is 1.83. The largest absolute Gasteiger partial charge is 0.456 e. The number of benzene rings is 6. The molecule has 0 bridgehead atoms. The zero-order chi connectivity index (χ0) is 29.0. The van der Waals surface area contributed by atoms with Gasteiger partial charge in [0, 0.05) is 47.6 Å². The van der Waals surface area contributed by atoms with E-state index in [0.717, 1.165) is 49.8 Å². The van der Waals surface area contributed by atoms with E-state index in [4.69, 9.17) is 19.4 Å². The second-order valence-corrected chi connectivity index (χ2v) is 11.9. The van der Waals surface area contributed by atoms with Crippen molar-refractivity contribution in [2.24, 2.45) is 0 Å². The third-order valence-corrected chi connectivity index (χ3v) is 9.28. The molecule has 0 aliphatic carbocycles. The fraction of sp³-hybridized carbons (Fsp3) is 0. The summed E-state index contributed by atoms with van der Waals surface area (Å²) in [6.07, 6.45) is 0. The quantitative estimate of drug-likeness (QED) is 0.207. The van der Waals surface area contributed by atoms with Crippen molar-refractivity contribution in [2.45, 2.75) is 0 Å². The maximum absolute atomic E-state index is 6.48. The summed E-state index contributed by atoms with van der Waals surface area (Å²) in [5.74, 6) is 1.86. The molecule has 0 fully saturated rings. The van der Waals surface area contributed by atoms with Crippen LogP contribution in [-0.2, 0) is 0 Å². The summed E-state index contributed by atoms with van der Waals surface area (Å²) in [5.41, 5.74) is 6.62. The van der Waals surface area contributed by atoms with Crippen LogP contribution < -0.4 is 0 Å². The van der Waals surface area contributed by atoms with Gasteiger partial charge in [-0.15, -0.1) is 11.3 Å². The molecule has 0 spiro atoms. The van der Waals surface area contributed by atoms with Gasteiger partial charge in [0.1, 0.15) is 11.2 Å². The molecule has 0 saturated carbocycles. The van der Waals surface area contributed by atoms with Crippen LogP contribution in [0.15, 0.2) is 144 Å². The maximum Gasteiger partial charge on any atom is 0.164 e. The Morgan fingerprint density at radius 3 is 1.73 bits per heavy atom. The summed E-state index contributed by atoms with van der Waals surface area (Å²) in [4.78, 5) is 14.9. The zero-order valence-electron chi connectivity index (χ0n) is 23.4. The molecule has 0 N–H and O–H groups in total. The fourth-order valence-electron chi connectivity index (χ4n) is 6.04. The van der Waals surface area contributed by atoms with Crippen LogP contribution >= 0.6 is 11.3 Å². The molecule has 5 heteroatoms. The molecule has 9 aromatic rings. The first-order valence-electron chi connectivity index (χ1n) is 14.5. The standard InChI is InChI=1S/C39H23N3OS/c1-3-11-24(12-4-1)37-40-38(25-13-5-2-6-14-25)42-39(41-37)27-22-30(36-29-16-7-9-17-32(29)43-33(36)23-27)26-19-20-35-31(21-26)28-15-8-10-18-34(28)44-35/h1-23H. The van der Waals surface area contributed by atoms with Gasteiger partial charge in [-0.3, -0.25) is 0 Å². The van der Waals surface area contributed by atoms with Crippen molar-refractivity contribution in [2.75, 3.05) is 0 Å². The maximum atomic E-state index is 6.48. The zero-order valence-corrected chi connectivity index (χ0v) is 24.3. The summed E-state index contributed by atoms with van der Waals surface area (Å²) < 4.78 is 9.05. The van der Waals surface area contributed by atoms with Crippen molar-refractivity contribution >= 4 is 53.4 Å². The summed E-state index contributed by atoms with van der Waals surface area (Å²) in [6.45, 7) is 0. The number of nitrogens with zero attached hydrogens (tertiary/aromatic N) is 3. The second kappa shape index (κ2) is 9.97. The van der Waals surface area contributed by atoms with Crippen molar-refractivity contribution in [1.29, 1.82) is 0 Å². The van der Waals surface area contributed by atoms with Crippen LogP contribution in [-0.4, -0.2) is 15.0 Å². The summed E-state index contributed by atoms with van der Waals surface area (Å²) in [5, 5.41) is 4.71. The van der Waals surface area contributed by atoms with Gasteiger partial charge in [0.2, 0.25) is 0 Å². The van der Waals surface area contributed by atoms with Crippen molar-refractivity contribution in [3.8, 4) is 45.3 Å². The highest BCUT2D eigenvalue weighted by atomic mass is 32.1. The topological polar surface area (TPSA) is 51.8 Å². The molecule has 6 aromatic carbocycles. The van der Waals surface area contributed by atoms with E-state index >= 15 is 0 Å². The molecule has 0 saturated heterocycles. The predicted molar refractivity (Wildman–Crippen MR) is 182 cm³/mol. The second-order valence-electron chi connectivity index (χ2n) is 10.8. The number of fused-ring (bicyclic) bond motifs is 6. The highest BCUT2D eigenvalue weighted by molar-refractivity contribution is 7.25. The Balaban J connectivity index is 1.33. The molecule has 206 valence electrons. The van der Waals surface area contributed by atoms with E-state index in [-0.39, 0.29) is 0 Å². The van der Waals surface area contributed by atoms with E-state index in [0.29, 0.717) is 17.5 Å². The molecule has 0 aliphatic heterocycles. The number of aromatic nitrogens is 3. The van der Waals surface area contributed by atoms with E-state index in [2.05, 4.69) is 66.7 Å². The molecule has 0 aliphatic rings. The van der Waals surface area contributed by atoms with E-state index in [9.17, 15) is 0 Å². The van der Waals surface area contributed by atoms with Crippen molar-refractivity contribution in [3.63, 3.8) is 0 Å². The third-order valence-electron chi connectivity index (χ3n) is 8.12. The summed E-state index contributed by atoms with van der Waals surface area (Å²) in [7, 11) is 0. The Hall–Kier alpha value is -5.65. The lowest BCUT2D eigenvalue weighted by Gasteiger charge is -2.11. The minimum atomic E-state index is 0.600. The number of hydrogen-bond acceptors (Lipinski definition) is 5. The lowest BCUT2D eigenvalue weighted by Crippen LogP contribution is -2.00. The first-order valence-corrected chi connectivity index (χ1v) is 15.3. The number of rotatable bonds is 4. The van der Waals surface area contributed by atoms with Crippen molar-refractivity contribution in [3.05, 3.63) is 140 Å². The monoisotopic (exact) mass is 581 g/mol. The molecular formula is C39H23N3OS. The van der Waals surface area contributed by atoms with Gasteiger partial charge in [0.15, 0.2) is 17.5 Å². The van der Waals surface area contributed by atoms with E-state index < -0.39 is 0 Å². The molecule has 0 amide bonds. The van der Waals surface area contributed by atoms with Gasteiger partial charge >= 0.3 is 0 Å². The lowest BCUT2D eigenvalue weighted by molar-refractivity contribution is 0.669. The van der Waals surface area contributed by atoms with E-state index in [1.165, 1.54) is 20.2 Å². The highest BCUT2D eigenvalue weighted by Gasteiger charge is 2.19. The predicted octanol–water partition coefficient (Wildman–Crippen LogP) is 10.8. The molecule has 0 radical (unpaired) electrons. The highest BCUT2D eigenvalue weighted by Crippen LogP contribution is 2.42. The molecule has 3 heterocycles. The molecule has 0 atom stereocenters. The van der Waals surface area contributed by atoms with Gasteiger partial charge in [-0.1, -0.05) is 103 Å². The van der Waals surface area contributed by atoms with Crippen LogP contribution in [0.4, 0.5) is 0 Å². The van der Waals surface area contributed by atoms with Gasteiger partial charge in [-0.2, -0.15) is 0 Å². The molecule has 3 aromatic heterocycles. The number of hydrogen-bond donors (Lipinski definition) is 0. The Morgan fingerprint density at radius 1 is 0.409 bits per heavy atom. The first kappa shape index (κ1) is 24.9. The molecule has 9 rings (SSSR count). The van der Waals surface area contributed by atoms with Crippen LogP contribution in [0, 0.1) is 0 Å². The minimum Gasteiger partial charge on any atom is -0.456 e. The average molecular weight is 582 g/mol. The first-order chi connectivity index (χ1) is 21.8. The lowest BCUT2D eigenvalue weighted by atomic mass is 9.95. The summed E-state index contributed by atoms with van der Waals surface area (Å²) in [6, 6.07) is 48.0. The average Bonchev–Trinajstić information content (AvgIpc) is 3.66. The molecular weight excluding hydrogens is 559 g/mol. The van der Waals surface area contributed by atoms with Gasteiger partial charge in [0.05, 0.1) is 0 Å². The van der Waals surface area contributed by atoms with Crippen LogP contribution in [0.5, 0.6) is 0 Å². The Kier molecular flexibility index (Phi) is 5.64. The number of para-hydroxylation sites is 1. The number of thiophene rings is 1. The van der Waals surface area contributed by atoms with E-state index in [1.54, 1.807) is 0 Å². The van der Waals surface area contributed by atoms with E-state index in [1.807, 2.05) is 84.1 Å². The Bertz CT molecular complexity index is 2440. The van der Waals surface area contributed by atoms with Crippen LogP contribution in [0.2, 0.25) is 0 Å². The number of furan rings is 1. The normalized spacial score (nSPS) is 11.6. The Labute approximate surface area is 256 Å².